The van der Waals surface area contributed by atoms with E-state index in [1.807, 2.05) is 0 Å². The molecule has 0 atom stereocenters. The Hall–Kier alpha value is -2.31. The van der Waals surface area contributed by atoms with Gasteiger partial charge in [-0.25, -0.2) is 0 Å². The lowest BCUT2D eigenvalue weighted by atomic mass is 10.1. The van der Waals surface area contributed by atoms with Gasteiger partial charge in [0.1, 0.15) is 0 Å². The first-order chi connectivity index (χ1) is 9.27. The molecule has 0 bridgehead atoms. The molecule has 0 aliphatic heterocycles. The Bertz CT molecular complexity index is 536. The van der Waals surface area contributed by atoms with E-state index in [9.17, 15) is 22.8 Å². The molecule has 1 aromatic rings. The van der Waals surface area contributed by atoms with Crippen LogP contribution in [0.3, 0.4) is 0 Å². The molecule has 1 N–H and O–H groups in total. The van der Waals surface area contributed by atoms with Gasteiger partial charge in [-0.15, -0.1) is 0 Å². The van der Waals surface area contributed by atoms with E-state index in [4.69, 9.17) is 4.74 Å². The summed E-state index contributed by atoms with van der Waals surface area (Å²) in [7, 11) is 1.14. The van der Waals surface area contributed by atoms with Gasteiger partial charge in [0, 0.05) is 12.5 Å². The average Bonchev–Trinajstić information content (AvgIpc) is 2.37. The highest BCUT2D eigenvalue weighted by atomic mass is 19.4. The van der Waals surface area contributed by atoms with Crippen LogP contribution in [0.15, 0.2) is 36.1 Å². The molecule has 1 aromatic carbocycles. The standard InChI is InChI=1S/C13H12F3NO3/c1-8(18)11(20-2)10(9-6-4-3-5-7-9)17-12(19)13(14,15)16/h3-7H,1-2H3,(H,17,19). The number of carbonyl (C=O) groups is 2. The molecule has 0 spiro atoms. The Labute approximate surface area is 113 Å². The molecule has 0 heterocycles. The molecule has 108 valence electrons. The first-order valence-electron chi connectivity index (χ1n) is 5.50. The number of alkyl halides is 3. The van der Waals surface area contributed by atoms with Gasteiger partial charge in [0.15, 0.2) is 11.5 Å². The number of ketones is 1. The average molecular weight is 287 g/mol. The fraction of sp³-hybridized carbons (Fsp3) is 0.231. The number of nitrogens with one attached hydrogen (secondary N) is 1. The molecule has 0 saturated carbocycles. The smallest absolute Gasteiger partial charge is 0.471 e. The molecular weight excluding hydrogens is 275 g/mol. The third kappa shape index (κ3) is 3.84. The molecular formula is C13H12F3NO3. The highest BCUT2D eigenvalue weighted by Crippen LogP contribution is 2.21. The SMILES string of the molecule is COC(C(C)=O)=C(NC(=O)C(F)(F)F)c1ccccc1. The van der Waals surface area contributed by atoms with E-state index in [1.54, 1.807) is 23.5 Å². The maximum atomic E-state index is 12.3. The van der Waals surface area contributed by atoms with Gasteiger partial charge in [0.25, 0.3) is 0 Å². The Kier molecular flexibility index (Phi) is 4.90. The molecule has 1 amide bonds. The van der Waals surface area contributed by atoms with Crippen LogP contribution < -0.4 is 5.32 Å². The zero-order valence-electron chi connectivity index (χ0n) is 10.7. The second kappa shape index (κ2) is 6.23. The number of rotatable bonds is 4. The lowest BCUT2D eigenvalue weighted by Crippen LogP contribution is -2.36. The quantitative estimate of drug-likeness (QED) is 0.682. The molecule has 0 saturated heterocycles. The summed E-state index contributed by atoms with van der Waals surface area (Å²) < 4.78 is 41.8. The van der Waals surface area contributed by atoms with Crippen LogP contribution in [-0.4, -0.2) is 25.0 Å². The predicted octanol–water partition coefficient (Wildman–Crippen LogP) is 2.27. The number of amides is 1. The summed E-state index contributed by atoms with van der Waals surface area (Å²) in [6.45, 7) is 1.13. The second-order valence-corrected chi connectivity index (χ2v) is 3.78. The summed E-state index contributed by atoms with van der Waals surface area (Å²) in [5.74, 6) is -3.13. The van der Waals surface area contributed by atoms with E-state index < -0.39 is 17.9 Å². The monoisotopic (exact) mass is 287 g/mol. The number of methoxy groups -OCH3 is 1. The summed E-state index contributed by atoms with van der Waals surface area (Å²) in [6.07, 6.45) is -5.06. The van der Waals surface area contributed by atoms with Crippen molar-refractivity contribution in [2.24, 2.45) is 0 Å². The lowest BCUT2D eigenvalue weighted by Gasteiger charge is -2.15. The van der Waals surface area contributed by atoms with Crippen molar-refractivity contribution in [2.45, 2.75) is 13.1 Å². The summed E-state index contributed by atoms with van der Waals surface area (Å²) in [4.78, 5) is 22.5. The van der Waals surface area contributed by atoms with Gasteiger partial charge < -0.3 is 10.1 Å². The predicted molar refractivity (Wildman–Crippen MR) is 65.2 cm³/mol. The molecule has 0 unspecified atom stereocenters. The van der Waals surface area contributed by atoms with E-state index in [0.717, 1.165) is 14.0 Å². The van der Waals surface area contributed by atoms with Crippen LogP contribution in [-0.2, 0) is 14.3 Å². The maximum Gasteiger partial charge on any atom is 0.471 e. The minimum atomic E-state index is -5.06. The normalized spacial score (nSPS) is 12.4. The van der Waals surface area contributed by atoms with Crippen molar-refractivity contribution >= 4 is 17.4 Å². The van der Waals surface area contributed by atoms with Gasteiger partial charge in [-0.2, -0.15) is 13.2 Å². The van der Waals surface area contributed by atoms with E-state index >= 15 is 0 Å². The first-order valence-corrected chi connectivity index (χ1v) is 5.50. The molecule has 0 aliphatic rings. The molecule has 4 nitrogen and oxygen atoms in total. The summed E-state index contributed by atoms with van der Waals surface area (Å²) in [5, 5.41) is 1.68. The minimum Gasteiger partial charge on any atom is -0.491 e. The maximum absolute atomic E-state index is 12.3. The Morgan fingerprint density at radius 3 is 2.10 bits per heavy atom. The van der Waals surface area contributed by atoms with Crippen LogP contribution >= 0.6 is 0 Å². The van der Waals surface area contributed by atoms with Gasteiger partial charge in [0.05, 0.1) is 12.8 Å². The first kappa shape index (κ1) is 15.7. The van der Waals surface area contributed by atoms with E-state index in [-0.39, 0.29) is 17.0 Å². The highest BCUT2D eigenvalue weighted by molar-refractivity contribution is 6.02. The largest absolute Gasteiger partial charge is 0.491 e. The van der Waals surface area contributed by atoms with Gasteiger partial charge in [-0.3, -0.25) is 9.59 Å². The van der Waals surface area contributed by atoms with E-state index in [0.29, 0.717) is 0 Å². The molecule has 20 heavy (non-hydrogen) atoms. The van der Waals surface area contributed by atoms with Crippen molar-refractivity contribution in [3.8, 4) is 0 Å². The van der Waals surface area contributed by atoms with Crippen molar-refractivity contribution in [2.75, 3.05) is 7.11 Å². The number of benzene rings is 1. The van der Waals surface area contributed by atoms with Crippen LogP contribution in [0.2, 0.25) is 0 Å². The zero-order chi connectivity index (χ0) is 15.3. The van der Waals surface area contributed by atoms with E-state index in [1.165, 1.54) is 12.1 Å². The van der Waals surface area contributed by atoms with Crippen LogP contribution in [0.1, 0.15) is 12.5 Å². The topological polar surface area (TPSA) is 55.4 Å². The second-order valence-electron chi connectivity index (χ2n) is 3.78. The number of carbonyl (C=O) groups excluding carboxylic acids is 2. The lowest BCUT2D eigenvalue weighted by molar-refractivity contribution is -0.172. The fourth-order valence-corrected chi connectivity index (χ4v) is 1.47. The number of allylic oxidation sites excluding steroid dienone is 1. The number of Topliss-reactive ketones (excluding diaryl/α,β-unsaturated/α-hetero) is 1. The summed E-state index contributed by atoms with van der Waals surface area (Å²) in [5.41, 5.74) is -0.0833. The minimum absolute atomic E-state index is 0.233. The highest BCUT2D eigenvalue weighted by Gasteiger charge is 2.39. The van der Waals surface area contributed by atoms with Crippen LogP contribution in [0.5, 0.6) is 0 Å². The number of hydrogen-bond acceptors (Lipinski definition) is 3. The van der Waals surface area contributed by atoms with E-state index in [2.05, 4.69) is 0 Å². The Balaban J connectivity index is 3.30. The van der Waals surface area contributed by atoms with Crippen LogP contribution in [0.4, 0.5) is 13.2 Å². The fourth-order valence-electron chi connectivity index (χ4n) is 1.47. The Morgan fingerprint density at radius 1 is 1.15 bits per heavy atom. The number of hydrogen-bond donors (Lipinski definition) is 1. The van der Waals surface area contributed by atoms with Crippen molar-refractivity contribution in [3.63, 3.8) is 0 Å². The van der Waals surface area contributed by atoms with Crippen molar-refractivity contribution in [1.29, 1.82) is 0 Å². The van der Waals surface area contributed by atoms with Crippen molar-refractivity contribution in [3.05, 3.63) is 41.7 Å². The molecule has 0 aliphatic carbocycles. The molecule has 0 fully saturated rings. The Morgan fingerprint density at radius 2 is 1.70 bits per heavy atom. The summed E-state index contributed by atoms with van der Waals surface area (Å²) in [6, 6.07) is 7.67. The third-order valence-corrected chi connectivity index (χ3v) is 2.31. The zero-order valence-corrected chi connectivity index (χ0v) is 10.7. The molecule has 0 radical (unpaired) electrons. The van der Waals surface area contributed by atoms with Crippen LogP contribution in [0, 0.1) is 0 Å². The third-order valence-electron chi connectivity index (χ3n) is 2.31. The molecule has 0 aromatic heterocycles. The van der Waals surface area contributed by atoms with Gasteiger partial charge >= 0.3 is 12.1 Å². The van der Waals surface area contributed by atoms with Crippen LogP contribution in [0.25, 0.3) is 5.70 Å². The van der Waals surface area contributed by atoms with Crippen molar-refractivity contribution in [1.82, 2.24) is 5.32 Å². The van der Waals surface area contributed by atoms with Gasteiger partial charge in [-0.1, -0.05) is 30.3 Å². The van der Waals surface area contributed by atoms with Gasteiger partial charge in [0.2, 0.25) is 0 Å². The summed E-state index contributed by atoms with van der Waals surface area (Å²) >= 11 is 0. The number of halogens is 3. The molecule has 7 heteroatoms. The number of ether oxygens (including phenoxy) is 1. The molecule has 1 rings (SSSR count). The van der Waals surface area contributed by atoms with Crippen molar-refractivity contribution < 1.29 is 27.5 Å². The van der Waals surface area contributed by atoms with Gasteiger partial charge in [-0.05, 0) is 0 Å².